The second-order valence-electron chi connectivity index (χ2n) is 5.54. The Balaban J connectivity index is 1.64. The Kier molecular flexibility index (Phi) is 1.70. The molecule has 92 valence electrons. The Morgan fingerprint density at radius 1 is 1.56 bits per heavy atom. The third-order valence-corrected chi connectivity index (χ3v) is 4.13. The van der Waals surface area contributed by atoms with Crippen LogP contribution in [0.5, 0.6) is 0 Å². The van der Waals surface area contributed by atoms with Crippen molar-refractivity contribution in [1.29, 1.82) is 0 Å². The van der Waals surface area contributed by atoms with Crippen LogP contribution in [-0.4, -0.2) is 43.5 Å². The van der Waals surface area contributed by atoms with Crippen molar-refractivity contribution in [1.82, 2.24) is 24.5 Å². The van der Waals surface area contributed by atoms with E-state index in [1.807, 2.05) is 4.90 Å². The molecule has 6 nitrogen and oxygen atoms in total. The summed E-state index contributed by atoms with van der Waals surface area (Å²) < 4.78 is 1.53. The number of hydrogen-bond acceptors (Lipinski definition) is 4. The fraction of sp³-hybridized carbons (Fsp3) is 0.500. The third-order valence-electron chi connectivity index (χ3n) is 4.13. The first kappa shape index (κ1) is 9.99. The number of amides is 1. The van der Waals surface area contributed by atoms with Gasteiger partial charge in [-0.1, -0.05) is 6.92 Å². The van der Waals surface area contributed by atoms with Crippen LogP contribution in [0, 0.1) is 11.3 Å². The molecule has 1 aliphatic carbocycles. The summed E-state index contributed by atoms with van der Waals surface area (Å²) in [4.78, 5) is 22.4. The number of piperidine rings is 1. The van der Waals surface area contributed by atoms with Gasteiger partial charge in [-0.3, -0.25) is 4.79 Å². The van der Waals surface area contributed by atoms with E-state index in [4.69, 9.17) is 0 Å². The lowest BCUT2D eigenvalue weighted by molar-refractivity contribution is 0.0755. The molecule has 2 aromatic heterocycles. The molecule has 1 saturated heterocycles. The van der Waals surface area contributed by atoms with Crippen molar-refractivity contribution >= 4 is 11.7 Å². The monoisotopic (exact) mass is 243 g/mol. The van der Waals surface area contributed by atoms with E-state index in [9.17, 15) is 4.79 Å². The lowest BCUT2D eigenvalue weighted by atomic mass is 10.1. The molecule has 1 amide bonds. The molecule has 1 aliphatic heterocycles. The summed E-state index contributed by atoms with van der Waals surface area (Å²) >= 11 is 0. The van der Waals surface area contributed by atoms with Crippen LogP contribution in [0.15, 0.2) is 18.5 Å². The first-order valence-corrected chi connectivity index (χ1v) is 6.12. The second-order valence-corrected chi connectivity index (χ2v) is 5.54. The zero-order valence-corrected chi connectivity index (χ0v) is 10.1. The van der Waals surface area contributed by atoms with Gasteiger partial charge < -0.3 is 4.90 Å². The molecule has 2 unspecified atom stereocenters. The van der Waals surface area contributed by atoms with Gasteiger partial charge in [0.25, 0.3) is 11.7 Å². The lowest BCUT2D eigenvalue weighted by Crippen LogP contribution is -2.32. The predicted octanol–water partition coefficient (Wildman–Crippen LogP) is 0.606. The van der Waals surface area contributed by atoms with Gasteiger partial charge in [0.1, 0.15) is 0 Å². The van der Waals surface area contributed by atoms with Crippen LogP contribution in [0.4, 0.5) is 0 Å². The van der Waals surface area contributed by atoms with Gasteiger partial charge >= 0.3 is 0 Å². The molecule has 2 atom stereocenters. The standard InChI is InChI=1S/C12H13N5O/c1-12-5-8(12)6-16(7-12)10(18)9-14-11-13-3-2-4-17(11)15-9/h2-4,8H,5-7H2,1H3. The van der Waals surface area contributed by atoms with Crippen molar-refractivity contribution in [3.63, 3.8) is 0 Å². The molecule has 0 bridgehead atoms. The zero-order valence-electron chi connectivity index (χ0n) is 10.1. The van der Waals surface area contributed by atoms with E-state index in [0.717, 1.165) is 13.1 Å². The van der Waals surface area contributed by atoms with Crippen molar-refractivity contribution in [2.45, 2.75) is 13.3 Å². The Morgan fingerprint density at radius 2 is 2.44 bits per heavy atom. The molecular formula is C12H13N5O. The van der Waals surface area contributed by atoms with Gasteiger partial charge in [-0.05, 0) is 23.8 Å². The first-order valence-electron chi connectivity index (χ1n) is 6.12. The predicted molar refractivity (Wildman–Crippen MR) is 62.9 cm³/mol. The molecule has 3 heterocycles. The van der Waals surface area contributed by atoms with Crippen molar-refractivity contribution < 1.29 is 4.79 Å². The highest BCUT2D eigenvalue weighted by atomic mass is 16.2. The Morgan fingerprint density at radius 3 is 3.17 bits per heavy atom. The van der Waals surface area contributed by atoms with E-state index in [2.05, 4.69) is 22.0 Å². The van der Waals surface area contributed by atoms with Gasteiger partial charge in [-0.15, -0.1) is 5.10 Å². The molecule has 0 radical (unpaired) electrons. The van der Waals surface area contributed by atoms with E-state index in [1.54, 1.807) is 18.5 Å². The number of carbonyl (C=O) groups is 1. The van der Waals surface area contributed by atoms with Crippen LogP contribution in [0.25, 0.3) is 5.78 Å². The number of carbonyl (C=O) groups excluding carboxylic acids is 1. The SMILES string of the molecule is CC12CC1CN(C(=O)c1nc3ncccn3n1)C2. The number of likely N-dealkylation sites (tertiary alicyclic amines) is 1. The average Bonchev–Trinajstić information content (AvgIpc) is 2.78. The van der Waals surface area contributed by atoms with Crippen LogP contribution in [0.1, 0.15) is 24.0 Å². The molecule has 1 saturated carbocycles. The van der Waals surface area contributed by atoms with Gasteiger partial charge in [-0.25, -0.2) is 9.50 Å². The summed E-state index contributed by atoms with van der Waals surface area (Å²) in [7, 11) is 0. The van der Waals surface area contributed by atoms with E-state index in [1.165, 1.54) is 10.9 Å². The van der Waals surface area contributed by atoms with E-state index in [0.29, 0.717) is 17.1 Å². The summed E-state index contributed by atoms with van der Waals surface area (Å²) in [5.74, 6) is 1.32. The average molecular weight is 243 g/mol. The van der Waals surface area contributed by atoms with E-state index in [-0.39, 0.29) is 11.7 Å². The number of nitrogens with zero attached hydrogens (tertiary/aromatic N) is 5. The molecule has 2 aromatic rings. The number of hydrogen-bond donors (Lipinski definition) is 0. The smallest absolute Gasteiger partial charge is 0.293 e. The number of rotatable bonds is 1. The highest BCUT2D eigenvalue weighted by molar-refractivity contribution is 5.91. The quantitative estimate of drug-likeness (QED) is 0.736. The molecule has 0 spiro atoms. The van der Waals surface area contributed by atoms with Crippen LogP contribution in [0.3, 0.4) is 0 Å². The van der Waals surface area contributed by atoms with Crippen molar-refractivity contribution in [3.05, 3.63) is 24.3 Å². The summed E-state index contributed by atoms with van der Waals surface area (Å²) in [6, 6.07) is 1.77. The van der Waals surface area contributed by atoms with Gasteiger partial charge in [0.15, 0.2) is 0 Å². The maximum atomic E-state index is 12.3. The molecule has 18 heavy (non-hydrogen) atoms. The molecule has 2 aliphatic rings. The molecule has 0 N–H and O–H groups in total. The number of aromatic nitrogens is 4. The fourth-order valence-electron chi connectivity index (χ4n) is 2.87. The van der Waals surface area contributed by atoms with Crippen LogP contribution >= 0.6 is 0 Å². The Bertz CT molecular complexity index is 618. The van der Waals surface area contributed by atoms with Crippen LogP contribution in [0.2, 0.25) is 0 Å². The van der Waals surface area contributed by atoms with E-state index >= 15 is 0 Å². The second kappa shape index (κ2) is 3.07. The molecule has 6 heteroatoms. The summed E-state index contributed by atoms with van der Waals surface area (Å²) in [5, 5.41) is 4.17. The largest absolute Gasteiger partial charge is 0.335 e. The minimum atomic E-state index is -0.0751. The van der Waals surface area contributed by atoms with Gasteiger partial charge in [0.05, 0.1) is 0 Å². The Labute approximate surface area is 104 Å². The lowest BCUT2D eigenvalue weighted by Gasteiger charge is -2.17. The maximum Gasteiger partial charge on any atom is 0.293 e. The maximum absolute atomic E-state index is 12.3. The highest BCUT2D eigenvalue weighted by Crippen LogP contribution is 2.57. The van der Waals surface area contributed by atoms with Gasteiger partial charge in [0, 0.05) is 25.5 Å². The Hall–Kier alpha value is -1.98. The van der Waals surface area contributed by atoms with Crippen molar-refractivity contribution in [3.8, 4) is 0 Å². The van der Waals surface area contributed by atoms with Crippen LogP contribution < -0.4 is 0 Å². The van der Waals surface area contributed by atoms with Gasteiger partial charge in [-0.2, -0.15) is 4.98 Å². The summed E-state index contributed by atoms with van der Waals surface area (Å²) in [6.45, 7) is 3.92. The van der Waals surface area contributed by atoms with E-state index < -0.39 is 0 Å². The molecule has 4 rings (SSSR count). The first-order chi connectivity index (χ1) is 8.66. The van der Waals surface area contributed by atoms with Crippen molar-refractivity contribution in [2.75, 3.05) is 13.1 Å². The van der Waals surface area contributed by atoms with Gasteiger partial charge in [0.2, 0.25) is 5.82 Å². The number of fused-ring (bicyclic) bond motifs is 2. The summed E-state index contributed by atoms with van der Waals surface area (Å²) in [5.41, 5.74) is 0.354. The molecule has 2 fully saturated rings. The third kappa shape index (κ3) is 1.28. The fourth-order valence-corrected chi connectivity index (χ4v) is 2.87. The van der Waals surface area contributed by atoms with Crippen molar-refractivity contribution in [2.24, 2.45) is 11.3 Å². The minimum Gasteiger partial charge on any atom is -0.335 e. The molecular weight excluding hydrogens is 230 g/mol. The topological polar surface area (TPSA) is 63.4 Å². The highest BCUT2D eigenvalue weighted by Gasteiger charge is 2.57. The normalized spacial score (nSPS) is 29.6. The molecule has 0 aromatic carbocycles. The van der Waals surface area contributed by atoms with Crippen LogP contribution in [-0.2, 0) is 0 Å². The summed E-state index contributed by atoms with van der Waals surface area (Å²) in [6.07, 6.45) is 4.64. The zero-order chi connectivity index (χ0) is 12.3. The minimum absolute atomic E-state index is 0.0751.